The van der Waals surface area contributed by atoms with Crippen molar-refractivity contribution in [1.29, 1.82) is 0 Å². The molecule has 1 aromatic heterocycles. The van der Waals surface area contributed by atoms with E-state index in [0.29, 0.717) is 6.54 Å². The number of carbonyl (C=O) groups excluding carboxylic acids is 1. The average Bonchev–Trinajstić information content (AvgIpc) is 2.95. The van der Waals surface area contributed by atoms with Crippen LogP contribution in [0.25, 0.3) is 11.0 Å². The van der Waals surface area contributed by atoms with E-state index in [9.17, 15) is 4.79 Å². The molecule has 3 aromatic rings. The van der Waals surface area contributed by atoms with Crippen LogP contribution in [0.2, 0.25) is 0 Å². The molecule has 0 saturated carbocycles. The maximum Gasteiger partial charge on any atom is 0.225 e. The van der Waals surface area contributed by atoms with Gasteiger partial charge in [-0.15, -0.1) is 0 Å². The Bertz CT molecular complexity index is 839. The van der Waals surface area contributed by atoms with Gasteiger partial charge in [-0.2, -0.15) is 0 Å². The second kappa shape index (κ2) is 6.89. The highest BCUT2D eigenvalue weighted by Gasteiger charge is 2.22. The zero-order valence-electron chi connectivity index (χ0n) is 14.0. The highest BCUT2D eigenvalue weighted by atomic mass is 16.3. The van der Waals surface area contributed by atoms with Crippen molar-refractivity contribution in [2.24, 2.45) is 11.7 Å². The number of nitrogens with one attached hydrogen (secondary N) is 1. The molecular weight excluding hydrogens is 300 g/mol. The number of hydrogen-bond acceptors (Lipinski definition) is 3. The third-order valence-electron chi connectivity index (χ3n) is 4.50. The summed E-state index contributed by atoms with van der Waals surface area (Å²) in [5, 5.41) is 4.02. The van der Waals surface area contributed by atoms with Crippen molar-refractivity contribution in [2.75, 3.05) is 0 Å². The van der Waals surface area contributed by atoms with Gasteiger partial charge in [-0.25, -0.2) is 0 Å². The van der Waals surface area contributed by atoms with Crippen LogP contribution in [0.5, 0.6) is 0 Å². The predicted octanol–water partition coefficient (Wildman–Crippen LogP) is 3.69. The van der Waals surface area contributed by atoms with Crippen LogP contribution >= 0.6 is 0 Å². The van der Waals surface area contributed by atoms with Crippen LogP contribution in [-0.2, 0) is 11.3 Å². The Morgan fingerprint density at radius 1 is 1.12 bits per heavy atom. The van der Waals surface area contributed by atoms with Gasteiger partial charge in [-0.3, -0.25) is 4.79 Å². The summed E-state index contributed by atoms with van der Waals surface area (Å²) in [6.07, 6.45) is 0. The molecule has 0 radical (unpaired) electrons. The number of carbonyl (C=O) groups is 1. The SMILES string of the molecule is Cc1c(CNC(=O)C(C)C(N)c2ccccc2)oc2ccccc12. The molecule has 124 valence electrons. The van der Waals surface area contributed by atoms with Gasteiger partial charge >= 0.3 is 0 Å². The number of fused-ring (bicyclic) bond motifs is 1. The summed E-state index contributed by atoms with van der Waals surface area (Å²) in [6.45, 7) is 4.22. The van der Waals surface area contributed by atoms with Gasteiger partial charge in [0, 0.05) is 17.0 Å². The first-order valence-corrected chi connectivity index (χ1v) is 8.13. The highest BCUT2D eigenvalue weighted by molar-refractivity contribution is 5.82. The topological polar surface area (TPSA) is 68.3 Å². The summed E-state index contributed by atoms with van der Waals surface area (Å²) < 4.78 is 5.83. The molecule has 2 aromatic carbocycles. The average molecular weight is 322 g/mol. The van der Waals surface area contributed by atoms with E-state index >= 15 is 0 Å². The maximum absolute atomic E-state index is 12.4. The van der Waals surface area contributed by atoms with E-state index in [-0.39, 0.29) is 17.9 Å². The number of furan rings is 1. The smallest absolute Gasteiger partial charge is 0.225 e. The molecule has 1 amide bonds. The molecular formula is C20H22N2O2. The monoisotopic (exact) mass is 322 g/mol. The van der Waals surface area contributed by atoms with Crippen molar-refractivity contribution >= 4 is 16.9 Å². The van der Waals surface area contributed by atoms with Crippen molar-refractivity contribution in [1.82, 2.24) is 5.32 Å². The lowest BCUT2D eigenvalue weighted by Gasteiger charge is -2.19. The fourth-order valence-electron chi connectivity index (χ4n) is 2.85. The lowest BCUT2D eigenvalue weighted by molar-refractivity contribution is -0.125. The minimum absolute atomic E-state index is 0.0776. The van der Waals surface area contributed by atoms with Gasteiger partial charge in [0.05, 0.1) is 12.5 Å². The third kappa shape index (κ3) is 3.19. The molecule has 24 heavy (non-hydrogen) atoms. The highest BCUT2D eigenvalue weighted by Crippen LogP contribution is 2.25. The number of para-hydroxylation sites is 1. The van der Waals surface area contributed by atoms with Gasteiger partial charge in [0.15, 0.2) is 0 Å². The summed E-state index contributed by atoms with van der Waals surface area (Å²) in [5.41, 5.74) is 9.08. The van der Waals surface area contributed by atoms with Crippen LogP contribution in [-0.4, -0.2) is 5.91 Å². The second-order valence-corrected chi connectivity index (χ2v) is 6.09. The molecule has 0 spiro atoms. The zero-order chi connectivity index (χ0) is 17.1. The fourth-order valence-corrected chi connectivity index (χ4v) is 2.85. The van der Waals surface area contributed by atoms with E-state index in [4.69, 9.17) is 10.2 Å². The molecule has 1 heterocycles. The van der Waals surface area contributed by atoms with Crippen molar-refractivity contribution in [3.8, 4) is 0 Å². The first-order valence-electron chi connectivity index (χ1n) is 8.13. The van der Waals surface area contributed by atoms with E-state index in [1.54, 1.807) is 0 Å². The van der Waals surface area contributed by atoms with Gasteiger partial charge in [0.2, 0.25) is 5.91 Å². The molecule has 2 unspecified atom stereocenters. The van der Waals surface area contributed by atoms with Crippen LogP contribution in [0.15, 0.2) is 59.0 Å². The molecule has 0 aliphatic heterocycles. The van der Waals surface area contributed by atoms with Gasteiger partial charge in [0.25, 0.3) is 0 Å². The van der Waals surface area contributed by atoms with E-state index in [1.807, 2.05) is 68.4 Å². The zero-order valence-corrected chi connectivity index (χ0v) is 14.0. The van der Waals surface area contributed by atoms with Crippen molar-refractivity contribution in [3.63, 3.8) is 0 Å². The van der Waals surface area contributed by atoms with E-state index in [0.717, 1.165) is 27.9 Å². The molecule has 2 atom stereocenters. The number of aryl methyl sites for hydroxylation is 1. The molecule has 3 N–H and O–H groups in total. The minimum Gasteiger partial charge on any atom is -0.459 e. The van der Waals surface area contributed by atoms with E-state index in [2.05, 4.69) is 5.32 Å². The van der Waals surface area contributed by atoms with Crippen LogP contribution in [0.4, 0.5) is 0 Å². The Kier molecular flexibility index (Phi) is 4.67. The lowest BCUT2D eigenvalue weighted by atomic mass is 9.94. The largest absolute Gasteiger partial charge is 0.459 e. The van der Waals surface area contributed by atoms with Crippen molar-refractivity contribution in [2.45, 2.75) is 26.4 Å². The molecule has 0 fully saturated rings. The van der Waals surface area contributed by atoms with E-state index in [1.165, 1.54) is 0 Å². The predicted molar refractivity (Wildman–Crippen MR) is 95.3 cm³/mol. The lowest BCUT2D eigenvalue weighted by Crippen LogP contribution is -2.35. The van der Waals surface area contributed by atoms with Crippen molar-refractivity contribution in [3.05, 3.63) is 71.5 Å². The standard InChI is InChI=1S/C20H22N2O2/c1-13-16-10-6-7-11-17(16)24-18(13)12-22-20(23)14(2)19(21)15-8-4-3-5-9-15/h3-11,14,19H,12,21H2,1-2H3,(H,22,23). The Morgan fingerprint density at radius 2 is 1.79 bits per heavy atom. The quantitative estimate of drug-likeness (QED) is 0.752. The van der Waals surface area contributed by atoms with Crippen molar-refractivity contribution < 1.29 is 9.21 Å². The number of benzene rings is 2. The molecule has 0 aliphatic carbocycles. The Labute approximate surface area is 141 Å². The number of hydrogen-bond donors (Lipinski definition) is 2. The molecule has 4 nitrogen and oxygen atoms in total. The summed E-state index contributed by atoms with van der Waals surface area (Å²) in [7, 11) is 0. The molecule has 4 heteroatoms. The normalized spacial score (nSPS) is 13.6. The van der Waals surface area contributed by atoms with Crippen LogP contribution < -0.4 is 11.1 Å². The van der Waals surface area contributed by atoms with Gasteiger partial charge in [0.1, 0.15) is 11.3 Å². The summed E-state index contributed by atoms with van der Waals surface area (Å²) >= 11 is 0. The first kappa shape index (κ1) is 16.3. The molecule has 0 bridgehead atoms. The van der Waals surface area contributed by atoms with E-state index < -0.39 is 0 Å². The van der Waals surface area contributed by atoms with Gasteiger partial charge < -0.3 is 15.5 Å². The Morgan fingerprint density at radius 3 is 2.50 bits per heavy atom. The molecule has 0 aliphatic rings. The maximum atomic E-state index is 12.4. The minimum atomic E-state index is -0.331. The van der Waals surface area contributed by atoms with Gasteiger partial charge in [-0.05, 0) is 18.6 Å². The molecule has 0 saturated heterocycles. The first-order chi connectivity index (χ1) is 11.6. The Balaban J connectivity index is 1.67. The number of rotatable bonds is 5. The van der Waals surface area contributed by atoms with Crippen LogP contribution in [0, 0.1) is 12.8 Å². The summed E-state index contributed by atoms with van der Waals surface area (Å²) in [6, 6.07) is 17.2. The van der Waals surface area contributed by atoms with Crippen LogP contribution in [0.1, 0.15) is 29.9 Å². The summed E-state index contributed by atoms with van der Waals surface area (Å²) in [5.74, 6) is 0.383. The number of nitrogens with two attached hydrogens (primary N) is 1. The Hall–Kier alpha value is -2.59. The second-order valence-electron chi connectivity index (χ2n) is 6.09. The third-order valence-corrected chi connectivity index (χ3v) is 4.50. The fraction of sp³-hybridized carbons (Fsp3) is 0.250. The van der Waals surface area contributed by atoms with Gasteiger partial charge in [-0.1, -0.05) is 55.5 Å². The summed E-state index contributed by atoms with van der Waals surface area (Å²) in [4.78, 5) is 12.4. The molecule has 3 rings (SSSR count). The van der Waals surface area contributed by atoms with Crippen LogP contribution in [0.3, 0.4) is 0 Å². The number of amides is 1.